The number of nitrogens with zero attached hydrogens (tertiary/aromatic N) is 3. The molecular weight excluding hydrogens is 290 g/mol. The lowest BCUT2D eigenvalue weighted by Gasteiger charge is -2.00. The van der Waals surface area contributed by atoms with Crippen molar-refractivity contribution in [2.24, 2.45) is 0 Å². The highest BCUT2D eigenvalue weighted by Crippen LogP contribution is 2.30. The first-order valence-corrected chi connectivity index (χ1v) is 6.55. The molecule has 1 aromatic carbocycles. The van der Waals surface area contributed by atoms with Crippen LogP contribution in [0.1, 0.15) is 10.4 Å². The quantitative estimate of drug-likeness (QED) is 0.806. The molecule has 0 radical (unpaired) electrons. The summed E-state index contributed by atoms with van der Waals surface area (Å²) in [6.07, 6.45) is 1.59. The lowest BCUT2D eigenvalue weighted by atomic mass is 10.1. The number of hydrogen-bond acceptors (Lipinski definition) is 3. The summed E-state index contributed by atoms with van der Waals surface area (Å²) in [7, 11) is 0. The molecular formula is C15H10ClN3O2. The van der Waals surface area contributed by atoms with E-state index in [-0.39, 0.29) is 10.7 Å². The van der Waals surface area contributed by atoms with E-state index in [4.69, 9.17) is 11.6 Å². The van der Waals surface area contributed by atoms with E-state index in [2.05, 4.69) is 10.1 Å². The Morgan fingerprint density at radius 3 is 2.43 bits per heavy atom. The molecule has 0 saturated heterocycles. The van der Waals surface area contributed by atoms with Crippen molar-refractivity contribution in [3.8, 4) is 17.1 Å². The van der Waals surface area contributed by atoms with Crippen LogP contribution in [0.3, 0.4) is 0 Å². The zero-order valence-corrected chi connectivity index (χ0v) is 11.5. The minimum Gasteiger partial charge on any atom is -0.478 e. The van der Waals surface area contributed by atoms with E-state index in [1.54, 1.807) is 36.5 Å². The van der Waals surface area contributed by atoms with Crippen LogP contribution in [0.4, 0.5) is 0 Å². The highest BCUT2D eigenvalue weighted by Gasteiger charge is 2.24. The molecule has 0 amide bonds. The fourth-order valence-electron chi connectivity index (χ4n) is 2.02. The summed E-state index contributed by atoms with van der Waals surface area (Å²) in [6.45, 7) is 0. The van der Waals surface area contributed by atoms with Crippen LogP contribution in [0.15, 0.2) is 54.7 Å². The standard InChI is InChI=1S/C15H10ClN3O2/c16-14-12(15(20)21)13(10-6-2-1-3-7-10)18-19(14)11-8-4-5-9-17-11/h1-9H,(H,20,21). The molecule has 0 unspecified atom stereocenters. The van der Waals surface area contributed by atoms with Gasteiger partial charge in [-0.2, -0.15) is 5.10 Å². The van der Waals surface area contributed by atoms with E-state index in [0.29, 0.717) is 17.1 Å². The second-order valence-electron chi connectivity index (χ2n) is 4.29. The molecule has 0 saturated carbocycles. The predicted octanol–water partition coefficient (Wildman–Crippen LogP) is 3.29. The fourth-order valence-corrected chi connectivity index (χ4v) is 2.31. The van der Waals surface area contributed by atoms with Gasteiger partial charge < -0.3 is 5.11 Å². The first-order chi connectivity index (χ1) is 10.2. The second kappa shape index (κ2) is 5.38. The van der Waals surface area contributed by atoms with Crippen LogP contribution in [0.5, 0.6) is 0 Å². The van der Waals surface area contributed by atoms with E-state index in [9.17, 15) is 9.90 Å². The minimum atomic E-state index is -1.12. The van der Waals surface area contributed by atoms with E-state index in [0.717, 1.165) is 0 Å². The molecule has 6 heteroatoms. The number of carboxylic acids is 1. The maximum atomic E-state index is 11.5. The summed E-state index contributed by atoms with van der Waals surface area (Å²) in [5, 5.41) is 13.8. The Morgan fingerprint density at radius 2 is 1.81 bits per heavy atom. The van der Waals surface area contributed by atoms with Gasteiger partial charge in [0.15, 0.2) is 5.82 Å². The Kier molecular flexibility index (Phi) is 3.41. The summed E-state index contributed by atoms with van der Waals surface area (Å²) in [4.78, 5) is 15.6. The number of aromatic carboxylic acids is 1. The maximum absolute atomic E-state index is 11.5. The van der Waals surface area contributed by atoms with Crippen LogP contribution < -0.4 is 0 Å². The Hall–Kier alpha value is -2.66. The average Bonchev–Trinajstić information content (AvgIpc) is 2.87. The van der Waals surface area contributed by atoms with Gasteiger partial charge in [0.2, 0.25) is 0 Å². The number of aromatic nitrogens is 3. The predicted molar refractivity (Wildman–Crippen MR) is 78.8 cm³/mol. The maximum Gasteiger partial charge on any atom is 0.341 e. The van der Waals surface area contributed by atoms with Gasteiger partial charge in [0.25, 0.3) is 0 Å². The lowest BCUT2D eigenvalue weighted by molar-refractivity contribution is 0.0698. The number of hydrogen-bond donors (Lipinski definition) is 1. The van der Waals surface area contributed by atoms with E-state index in [1.807, 2.05) is 18.2 Å². The molecule has 0 bridgehead atoms. The molecule has 104 valence electrons. The summed E-state index contributed by atoms with van der Waals surface area (Å²) in [5.74, 6) is -0.659. The number of carboxylic acid groups (broad SMARTS) is 1. The van der Waals surface area contributed by atoms with Crippen LogP contribution >= 0.6 is 11.6 Å². The van der Waals surface area contributed by atoms with Crippen LogP contribution in [-0.2, 0) is 0 Å². The van der Waals surface area contributed by atoms with Crippen molar-refractivity contribution in [3.63, 3.8) is 0 Å². The van der Waals surface area contributed by atoms with Gasteiger partial charge in [0.1, 0.15) is 16.4 Å². The Balaban J connectivity index is 2.24. The molecule has 0 aliphatic rings. The van der Waals surface area contributed by atoms with Gasteiger partial charge in [-0.15, -0.1) is 0 Å². The summed E-state index contributed by atoms with van der Waals surface area (Å²) < 4.78 is 1.33. The molecule has 3 rings (SSSR count). The topological polar surface area (TPSA) is 68.0 Å². The van der Waals surface area contributed by atoms with Crippen molar-refractivity contribution in [2.45, 2.75) is 0 Å². The zero-order valence-electron chi connectivity index (χ0n) is 10.8. The third kappa shape index (κ3) is 2.39. The van der Waals surface area contributed by atoms with Crippen molar-refractivity contribution in [1.29, 1.82) is 0 Å². The van der Waals surface area contributed by atoms with E-state index in [1.165, 1.54) is 4.68 Å². The summed E-state index contributed by atoms with van der Waals surface area (Å²) in [6, 6.07) is 14.3. The first-order valence-electron chi connectivity index (χ1n) is 6.17. The number of benzene rings is 1. The molecule has 0 atom stereocenters. The van der Waals surface area contributed by atoms with Crippen molar-refractivity contribution in [1.82, 2.24) is 14.8 Å². The van der Waals surface area contributed by atoms with Crippen LogP contribution in [0.2, 0.25) is 5.15 Å². The second-order valence-corrected chi connectivity index (χ2v) is 4.64. The van der Waals surface area contributed by atoms with Crippen LogP contribution in [0.25, 0.3) is 17.1 Å². The molecule has 21 heavy (non-hydrogen) atoms. The number of carbonyl (C=O) groups is 1. The highest BCUT2D eigenvalue weighted by atomic mass is 35.5. The summed E-state index contributed by atoms with van der Waals surface area (Å²) >= 11 is 6.19. The number of rotatable bonds is 3. The molecule has 0 aliphatic carbocycles. The Morgan fingerprint density at radius 1 is 1.10 bits per heavy atom. The SMILES string of the molecule is O=C(O)c1c(-c2ccccc2)nn(-c2ccccn2)c1Cl. The molecule has 5 nitrogen and oxygen atoms in total. The molecule has 2 heterocycles. The van der Waals surface area contributed by atoms with Gasteiger partial charge >= 0.3 is 5.97 Å². The highest BCUT2D eigenvalue weighted by molar-refractivity contribution is 6.33. The van der Waals surface area contributed by atoms with Crippen molar-refractivity contribution in [2.75, 3.05) is 0 Å². The minimum absolute atomic E-state index is 0.0278. The third-order valence-electron chi connectivity index (χ3n) is 2.96. The molecule has 0 fully saturated rings. The monoisotopic (exact) mass is 299 g/mol. The normalized spacial score (nSPS) is 10.5. The van der Waals surface area contributed by atoms with Gasteiger partial charge in [-0.25, -0.2) is 14.5 Å². The Labute approximate surface area is 125 Å². The van der Waals surface area contributed by atoms with Gasteiger partial charge in [-0.3, -0.25) is 0 Å². The lowest BCUT2D eigenvalue weighted by Crippen LogP contribution is -2.00. The van der Waals surface area contributed by atoms with Crippen LogP contribution in [-0.4, -0.2) is 25.8 Å². The van der Waals surface area contributed by atoms with Gasteiger partial charge in [-0.1, -0.05) is 48.0 Å². The molecule has 2 aromatic heterocycles. The zero-order chi connectivity index (χ0) is 14.8. The van der Waals surface area contributed by atoms with Gasteiger partial charge in [0, 0.05) is 11.8 Å². The van der Waals surface area contributed by atoms with Crippen LogP contribution in [0, 0.1) is 0 Å². The van der Waals surface area contributed by atoms with E-state index >= 15 is 0 Å². The molecule has 3 aromatic rings. The van der Waals surface area contributed by atoms with Gasteiger partial charge in [0.05, 0.1) is 0 Å². The number of halogens is 1. The molecule has 0 spiro atoms. The molecule has 1 N–H and O–H groups in total. The Bertz CT molecular complexity index is 785. The smallest absolute Gasteiger partial charge is 0.341 e. The summed E-state index contributed by atoms with van der Waals surface area (Å²) in [5.41, 5.74) is 0.971. The third-order valence-corrected chi connectivity index (χ3v) is 3.31. The largest absolute Gasteiger partial charge is 0.478 e. The van der Waals surface area contributed by atoms with Crippen molar-refractivity contribution < 1.29 is 9.90 Å². The average molecular weight is 300 g/mol. The van der Waals surface area contributed by atoms with Crippen molar-refractivity contribution >= 4 is 17.6 Å². The van der Waals surface area contributed by atoms with E-state index < -0.39 is 5.97 Å². The number of pyridine rings is 1. The van der Waals surface area contributed by atoms with Gasteiger partial charge in [-0.05, 0) is 12.1 Å². The van der Waals surface area contributed by atoms with Crippen molar-refractivity contribution in [3.05, 3.63) is 65.4 Å². The first kappa shape index (κ1) is 13.3. The molecule has 0 aliphatic heterocycles. The fraction of sp³-hybridized carbons (Fsp3) is 0.